The van der Waals surface area contributed by atoms with Crippen LogP contribution in [0.5, 0.6) is 0 Å². The largest absolute Gasteiger partial charge is 0.352 e. The van der Waals surface area contributed by atoms with Gasteiger partial charge >= 0.3 is 13.3 Å². The standard InChI is InChI=1S/C17H32N5O6P/c18-6-1-8-21(9-2-7-19)11-12-29(25,26)27-13-14-3-4-16(28-14)22-10-5-15(23)20-17(22)24/h5,10,14,16H,1-4,6-9,11-13,18-19H2,(H,25,26)(H,20,23,24)/t14-,16+/m0/s1. The van der Waals surface area contributed by atoms with Crippen molar-refractivity contribution in [1.29, 1.82) is 0 Å². The molecule has 1 aromatic rings. The molecule has 1 saturated heterocycles. The third kappa shape index (κ3) is 8.13. The van der Waals surface area contributed by atoms with Crippen LogP contribution in [0.15, 0.2) is 21.9 Å². The summed E-state index contributed by atoms with van der Waals surface area (Å²) in [5.74, 6) is 0. The first-order valence-electron chi connectivity index (χ1n) is 9.90. The van der Waals surface area contributed by atoms with Crippen LogP contribution in [-0.2, 0) is 13.8 Å². The Labute approximate surface area is 169 Å². The lowest BCUT2D eigenvalue weighted by molar-refractivity contribution is -0.0215. The van der Waals surface area contributed by atoms with Crippen LogP contribution in [0.3, 0.4) is 0 Å². The van der Waals surface area contributed by atoms with E-state index in [1.165, 1.54) is 16.8 Å². The van der Waals surface area contributed by atoms with E-state index < -0.39 is 31.2 Å². The maximum absolute atomic E-state index is 12.4. The Morgan fingerprint density at radius 2 is 1.93 bits per heavy atom. The molecule has 1 aliphatic heterocycles. The summed E-state index contributed by atoms with van der Waals surface area (Å²) in [6.45, 7) is 3.01. The summed E-state index contributed by atoms with van der Waals surface area (Å²) in [5.41, 5.74) is 10.1. The van der Waals surface area contributed by atoms with Gasteiger partial charge in [-0.15, -0.1) is 0 Å². The van der Waals surface area contributed by atoms with E-state index in [1.54, 1.807) is 0 Å². The van der Waals surface area contributed by atoms with Gasteiger partial charge in [-0.2, -0.15) is 0 Å². The highest BCUT2D eigenvalue weighted by molar-refractivity contribution is 7.52. The zero-order valence-electron chi connectivity index (χ0n) is 16.6. The van der Waals surface area contributed by atoms with Crippen molar-refractivity contribution in [3.8, 4) is 0 Å². The Bertz CT molecular complexity index is 776. The van der Waals surface area contributed by atoms with E-state index >= 15 is 0 Å². The smallest absolute Gasteiger partial charge is 0.330 e. The highest BCUT2D eigenvalue weighted by Gasteiger charge is 2.30. The summed E-state index contributed by atoms with van der Waals surface area (Å²) < 4.78 is 24.7. The van der Waals surface area contributed by atoms with Crippen molar-refractivity contribution in [1.82, 2.24) is 14.5 Å². The maximum atomic E-state index is 12.4. The van der Waals surface area contributed by atoms with Crippen molar-refractivity contribution in [2.45, 2.75) is 38.0 Å². The van der Waals surface area contributed by atoms with Crippen LogP contribution < -0.4 is 22.7 Å². The number of H-pyrrole nitrogens is 1. The van der Waals surface area contributed by atoms with Gasteiger partial charge in [-0.25, -0.2) is 4.79 Å². The third-order valence-corrected chi connectivity index (χ3v) is 6.08. The fourth-order valence-corrected chi connectivity index (χ4v) is 4.23. The number of hydrogen-bond donors (Lipinski definition) is 4. The molecule has 11 nitrogen and oxygen atoms in total. The van der Waals surface area contributed by atoms with Gasteiger partial charge in [0, 0.05) is 18.8 Å². The van der Waals surface area contributed by atoms with Gasteiger partial charge in [-0.05, 0) is 51.9 Å². The molecule has 1 fully saturated rings. The molecule has 0 spiro atoms. The van der Waals surface area contributed by atoms with Crippen molar-refractivity contribution in [2.75, 3.05) is 45.5 Å². The normalized spacial score (nSPS) is 21.5. The Balaban J connectivity index is 1.79. The van der Waals surface area contributed by atoms with Crippen LogP contribution in [0.4, 0.5) is 0 Å². The van der Waals surface area contributed by atoms with Crippen molar-refractivity contribution in [2.24, 2.45) is 11.5 Å². The summed E-state index contributed by atoms with van der Waals surface area (Å²) in [6, 6.07) is 1.25. The number of hydrogen-bond acceptors (Lipinski definition) is 8. The Morgan fingerprint density at radius 1 is 1.24 bits per heavy atom. The van der Waals surface area contributed by atoms with E-state index in [2.05, 4.69) is 9.88 Å². The number of nitrogens with zero attached hydrogens (tertiary/aromatic N) is 2. The van der Waals surface area contributed by atoms with Gasteiger partial charge in [-0.1, -0.05) is 0 Å². The molecule has 166 valence electrons. The zero-order chi connectivity index (χ0) is 21.3. The molecule has 0 bridgehead atoms. The SMILES string of the molecule is NCCCN(CCCN)CCP(=O)(O)OC[C@@H]1CC[C@H](n2ccc(=O)[nH]c2=O)O1. The lowest BCUT2D eigenvalue weighted by Crippen LogP contribution is -2.32. The lowest BCUT2D eigenvalue weighted by Gasteiger charge is -2.23. The predicted octanol–water partition coefficient (Wildman–Crippen LogP) is -0.584. The van der Waals surface area contributed by atoms with E-state index in [9.17, 15) is 19.0 Å². The summed E-state index contributed by atoms with van der Waals surface area (Å²) in [6.07, 6.45) is 3.20. The maximum Gasteiger partial charge on any atom is 0.330 e. The van der Waals surface area contributed by atoms with Gasteiger partial charge in [0.05, 0.1) is 18.9 Å². The summed E-state index contributed by atoms with van der Waals surface area (Å²) in [5, 5.41) is 0. The van der Waals surface area contributed by atoms with Crippen LogP contribution in [0.2, 0.25) is 0 Å². The van der Waals surface area contributed by atoms with Crippen LogP contribution in [0, 0.1) is 0 Å². The van der Waals surface area contributed by atoms with Crippen molar-refractivity contribution in [3.63, 3.8) is 0 Å². The molecule has 0 aromatic carbocycles. The number of nitrogens with two attached hydrogens (primary N) is 2. The summed E-state index contributed by atoms with van der Waals surface area (Å²) >= 11 is 0. The molecule has 1 aromatic heterocycles. The quantitative estimate of drug-likeness (QED) is 0.298. The fourth-order valence-electron chi connectivity index (χ4n) is 3.17. The van der Waals surface area contributed by atoms with Crippen LogP contribution in [0.1, 0.15) is 31.9 Å². The summed E-state index contributed by atoms with van der Waals surface area (Å²) in [7, 11) is -3.77. The number of aromatic nitrogens is 2. The number of ether oxygens (including phenoxy) is 1. The van der Waals surface area contributed by atoms with Crippen LogP contribution in [-0.4, -0.2) is 70.9 Å². The van der Waals surface area contributed by atoms with E-state index in [-0.39, 0.29) is 12.8 Å². The molecule has 0 radical (unpaired) electrons. The molecule has 0 aliphatic carbocycles. The first-order chi connectivity index (χ1) is 13.8. The molecule has 1 aliphatic rings. The molecule has 12 heteroatoms. The van der Waals surface area contributed by atoms with Gasteiger partial charge in [-0.3, -0.25) is 18.9 Å². The molecule has 6 N–H and O–H groups in total. The molecule has 2 heterocycles. The highest BCUT2D eigenvalue weighted by atomic mass is 31.2. The van der Waals surface area contributed by atoms with Crippen LogP contribution in [0.25, 0.3) is 0 Å². The van der Waals surface area contributed by atoms with Crippen LogP contribution >= 0.6 is 7.60 Å². The monoisotopic (exact) mass is 433 g/mol. The van der Waals surface area contributed by atoms with Crippen molar-refractivity contribution < 1.29 is 18.7 Å². The van der Waals surface area contributed by atoms with E-state index in [0.29, 0.717) is 32.5 Å². The topological polar surface area (TPSA) is 166 Å². The number of aromatic amines is 1. The zero-order valence-corrected chi connectivity index (χ0v) is 17.5. The van der Waals surface area contributed by atoms with E-state index in [0.717, 1.165) is 25.9 Å². The van der Waals surface area contributed by atoms with Crippen molar-refractivity contribution >= 4 is 7.60 Å². The molecule has 1 unspecified atom stereocenters. The second-order valence-corrected chi connectivity index (χ2v) is 9.07. The minimum absolute atomic E-state index is 0.0116. The van der Waals surface area contributed by atoms with Gasteiger partial charge in [0.25, 0.3) is 5.56 Å². The molecule has 2 rings (SSSR count). The second-order valence-electron chi connectivity index (χ2n) is 7.09. The Kier molecular flexibility index (Phi) is 9.70. The van der Waals surface area contributed by atoms with Gasteiger partial charge in [0.2, 0.25) is 0 Å². The van der Waals surface area contributed by atoms with Gasteiger partial charge in [0.1, 0.15) is 6.23 Å². The summed E-state index contributed by atoms with van der Waals surface area (Å²) in [4.78, 5) is 37.4. The first kappa shape index (κ1) is 23.9. The minimum atomic E-state index is -3.77. The van der Waals surface area contributed by atoms with E-state index in [1.807, 2.05) is 0 Å². The van der Waals surface area contributed by atoms with Gasteiger partial charge < -0.3 is 30.5 Å². The molecule has 0 amide bonds. The fraction of sp³-hybridized carbons (Fsp3) is 0.765. The average Bonchev–Trinajstić information content (AvgIpc) is 3.15. The third-order valence-electron chi connectivity index (χ3n) is 4.76. The Morgan fingerprint density at radius 3 is 2.55 bits per heavy atom. The highest BCUT2D eigenvalue weighted by Crippen LogP contribution is 2.42. The minimum Gasteiger partial charge on any atom is -0.352 e. The van der Waals surface area contributed by atoms with Crippen molar-refractivity contribution in [3.05, 3.63) is 33.1 Å². The lowest BCUT2D eigenvalue weighted by atomic mass is 10.2. The molecular weight excluding hydrogens is 401 g/mol. The Hall–Kier alpha value is -1.33. The number of nitrogens with one attached hydrogen (secondary N) is 1. The molecule has 3 atom stereocenters. The molecular formula is C17H32N5O6P. The average molecular weight is 433 g/mol. The second kappa shape index (κ2) is 11.8. The van der Waals surface area contributed by atoms with Gasteiger partial charge in [0.15, 0.2) is 0 Å². The predicted molar refractivity (Wildman–Crippen MR) is 109 cm³/mol. The van der Waals surface area contributed by atoms with E-state index in [4.69, 9.17) is 20.7 Å². The molecule has 29 heavy (non-hydrogen) atoms. The number of rotatable bonds is 13. The molecule has 0 saturated carbocycles. The first-order valence-corrected chi connectivity index (χ1v) is 11.7.